The minimum atomic E-state index is -5.05. The third-order valence-corrected chi connectivity index (χ3v) is 5.57. The highest BCUT2D eigenvalue weighted by Crippen LogP contribution is 2.39. The van der Waals surface area contributed by atoms with Gasteiger partial charge in [0.2, 0.25) is 11.2 Å². The number of methoxy groups -OCH3 is 1. The molecule has 174 valence electrons. The molecule has 1 aliphatic rings. The molecule has 1 aliphatic heterocycles. The van der Waals surface area contributed by atoms with E-state index >= 15 is 0 Å². The summed E-state index contributed by atoms with van der Waals surface area (Å²) < 4.78 is 56.6. The summed E-state index contributed by atoms with van der Waals surface area (Å²) in [4.78, 5) is 25.6. The Morgan fingerprint density at radius 2 is 1.79 bits per heavy atom. The fourth-order valence-electron chi connectivity index (χ4n) is 3.92. The minimum Gasteiger partial charge on any atom is -0.872 e. The van der Waals surface area contributed by atoms with Crippen LogP contribution in [0.25, 0.3) is 11.0 Å². The van der Waals surface area contributed by atoms with Gasteiger partial charge in [0.25, 0.3) is 5.76 Å². The predicted molar refractivity (Wildman–Crippen MR) is 108 cm³/mol. The van der Waals surface area contributed by atoms with E-state index in [2.05, 4.69) is 4.74 Å². The maximum absolute atomic E-state index is 13.9. The summed E-state index contributed by atoms with van der Waals surface area (Å²) in [5, 5.41) is 12.3. The Bertz CT molecular complexity index is 1240. The third kappa shape index (κ3) is 4.51. The lowest BCUT2D eigenvalue weighted by atomic mass is 10.1. The number of benzene rings is 2. The van der Waals surface area contributed by atoms with Gasteiger partial charge < -0.3 is 23.9 Å². The first-order valence-electron chi connectivity index (χ1n) is 10.3. The number of halogens is 3. The predicted octanol–water partition coefficient (Wildman–Crippen LogP) is 2.64. The second-order valence-electron chi connectivity index (χ2n) is 7.76. The molecule has 1 N–H and O–H groups in total. The Morgan fingerprint density at radius 1 is 1.12 bits per heavy atom. The fourth-order valence-corrected chi connectivity index (χ4v) is 3.92. The van der Waals surface area contributed by atoms with E-state index in [0.717, 1.165) is 43.0 Å². The van der Waals surface area contributed by atoms with Crippen LogP contribution in [0, 0.1) is 0 Å². The van der Waals surface area contributed by atoms with Crippen molar-refractivity contribution in [3.05, 3.63) is 63.5 Å². The fraction of sp³-hybridized carbons (Fsp3) is 0.304. The number of ether oxygens (including phenoxy) is 2. The Morgan fingerprint density at radius 3 is 2.39 bits per heavy atom. The van der Waals surface area contributed by atoms with Gasteiger partial charge in [-0.15, -0.1) is 0 Å². The van der Waals surface area contributed by atoms with E-state index < -0.39 is 34.8 Å². The lowest BCUT2D eigenvalue weighted by Gasteiger charge is -2.20. The van der Waals surface area contributed by atoms with Crippen molar-refractivity contribution < 1.29 is 41.9 Å². The van der Waals surface area contributed by atoms with Crippen LogP contribution in [-0.2, 0) is 17.5 Å². The molecule has 0 saturated carbocycles. The first-order valence-corrected chi connectivity index (χ1v) is 10.3. The zero-order valence-electron chi connectivity index (χ0n) is 17.6. The zero-order valence-corrected chi connectivity index (χ0v) is 17.6. The van der Waals surface area contributed by atoms with E-state index in [1.165, 1.54) is 31.4 Å². The molecule has 0 unspecified atom stereocenters. The average molecular weight is 463 g/mol. The van der Waals surface area contributed by atoms with E-state index in [1.807, 2.05) is 0 Å². The standard InChI is InChI=1S/C23H20F3NO6/c1-31-22(30)13-4-6-14(7-5-13)32-20-18(29)15-8-9-17(28)16(12-27-10-2-3-11-27)19(15)33-21(20)23(24,25)26/h4-9,28H,2-3,10-12H2,1H3. The summed E-state index contributed by atoms with van der Waals surface area (Å²) in [5.74, 6) is -3.89. The summed E-state index contributed by atoms with van der Waals surface area (Å²) >= 11 is 0. The van der Waals surface area contributed by atoms with E-state index in [0.29, 0.717) is 0 Å². The van der Waals surface area contributed by atoms with E-state index in [1.54, 1.807) is 0 Å². The average Bonchev–Trinajstić information content (AvgIpc) is 3.30. The number of nitrogens with one attached hydrogen (secondary N) is 1. The van der Waals surface area contributed by atoms with Crippen molar-refractivity contribution in [3.63, 3.8) is 0 Å². The molecule has 1 aromatic heterocycles. The van der Waals surface area contributed by atoms with Crippen LogP contribution in [0.3, 0.4) is 0 Å². The number of quaternary nitrogens is 1. The van der Waals surface area contributed by atoms with Gasteiger partial charge in [0.15, 0.2) is 0 Å². The van der Waals surface area contributed by atoms with Crippen molar-refractivity contribution >= 4 is 16.9 Å². The number of rotatable bonds is 5. The number of hydrogen-bond donors (Lipinski definition) is 1. The molecule has 0 spiro atoms. The molecule has 2 heterocycles. The molecule has 33 heavy (non-hydrogen) atoms. The van der Waals surface area contributed by atoms with E-state index in [4.69, 9.17) is 9.15 Å². The number of hydrogen-bond acceptors (Lipinski definition) is 6. The van der Waals surface area contributed by atoms with Gasteiger partial charge in [0.1, 0.15) is 17.9 Å². The summed E-state index contributed by atoms with van der Waals surface area (Å²) in [6, 6.07) is 7.36. The Hall–Kier alpha value is -3.53. The number of carbonyl (C=O) groups excluding carboxylic acids is 1. The smallest absolute Gasteiger partial charge is 0.453 e. The molecule has 1 fully saturated rings. The highest BCUT2D eigenvalue weighted by molar-refractivity contribution is 5.89. The van der Waals surface area contributed by atoms with Gasteiger partial charge in [-0.1, -0.05) is 11.8 Å². The van der Waals surface area contributed by atoms with Gasteiger partial charge in [-0.2, -0.15) is 13.2 Å². The van der Waals surface area contributed by atoms with Crippen LogP contribution in [0.4, 0.5) is 13.2 Å². The van der Waals surface area contributed by atoms with Crippen molar-refractivity contribution in [2.75, 3.05) is 20.2 Å². The largest absolute Gasteiger partial charge is 0.872 e. The van der Waals surface area contributed by atoms with Gasteiger partial charge in [-0.25, -0.2) is 4.79 Å². The number of carbonyl (C=O) groups is 1. The Kier molecular flexibility index (Phi) is 6.03. The number of fused-ring (bicyclic) bond motifs is 1. The van der Waals surface area contributed by atoms with Crippen LogP contribution >= 0.6 is 0 Å². The van der Waals surface area contributed by atoms with E-state index in [-0.39, 0.29) is 34.4 Å². The minimum absolute atomic E-state index is 0.0426. The topological polar surface area (TPSA) is 93.2 Å². The number of likely N-dealkylation sites (tertiary alicyclic amines) is 1. The molecule has 0 aliphatic carbocycles. The van der Waals surface area contributed by atoms with Gasteiger partial charge in [0.05, 0.1) is 31.1 Å². The molecule has 1 saturated heterocycles. The molecular weight excluding hydrogens is 443 g/mol. The van der Waals surface area contributed by atoms with Crippen LogP contribution in [0.2, 0.25) is 0 Å². The van der Waals surface area contributed by atoms with Crippen molar-refractivity contribution in [1.82, 2.24) is 0 Å². The molecule has 4 rings (SSSR count). The van der Waals surface area contributed by atoms with Gasteiger partial charge in [-0.3, -0.25) is 4.79 Å². The van der Waals surface area contributed by atoms with Crippen LogP contribution in [0.1, 0.15) is 34.5 Å². The van der Waals surface area contributed by atoms with Crippen LogP contribution in [-0.4, -0.2) is 26.2 Å². The highest BCUT2D eigenvalue weighted by atomic mass is 19.4. The first kappa shape index (κ1) is 22.7. The lowest BCUT2D eigenvalue weighted by molar-refractivity contribution is -0.901. The maximum atomic E-state index is 13.9. The molecule has 2 aromatic carbocycles. The molecular formula is C23H20F3NO6. The summed E-state index contributed by atoms with van der Waals surface area (Å²) in [6.45, 7) is 1.75. The molecule has 0 atom stereocenters. The first-order chi connectivity index (χ1) is 15.7. The number of esters is 1. The molecule has 0 amide bonds. The monoisotopic (exact) mass is 463 g/mol. The molecule has 10 heteroatoms. The van der Waals surface area contributed by atoms with Crippen molar-refractivity contribution in [3.8, 4) is 17.2 Å². The lowest BCUT2D eigenvalue weighted by Crippen LogP contribution is -3.08. The SMILES string of the molecule is COC(=O)c1ccc(Oc2c(C(F)(F)F)oc3c(C[NH+]4CCCC4)c([O-])ccc3c2=O)cc1. The van der Waals surface area contributed by atoms with Gasteiger partial charge >= 0.3 is 12.1 Å². The van der Waals surface area contributed by atoms with Crippen molar-refractivity contribution in [2.24, 2.45) is 0 Å². The zero-order chi connectivity index (χ0) is 23.8. The molecule has 0 bridgehead atoms. The summed E-state index contributed by atoms with van der Waals surface area (Å²) in [7, 11) is 1.19. The quantitative estimate of drug-likeness (QED) is 0.585. The van der Waals surface area contributed by atoms with Crippen LogP contribution < -0.4 is 20.2 Å². The Balaban J connectivity index is 1.82. The maximum Gasteiger partial charge on any atom is 0.453 e. The second-order valence-corrected chi connectivity index (χ2v) is 7.76. The molecule has 3 aromatic rings. The number of alkyl halides is 3. The van der Waals surface area contributed by atoms with Crippen molar-refractivity contribution in [1.29, 1.82) is 0 Å². The Labute approximate surface area is 185 Å². The van der Waals surface area contributed by atoms with Crippen LogP contribution in [0.5, 0.6) is 17.2 Å². The van der Waals surface area contributed by atoms with Gasteiger partial charge in [0, 0.05) is 18.4 Å². The summed E-state index contributed by atoms with van der Waals surface area (Å²) in [5.41, 5.74) is -1.21. The normalized spacial score (nSPS) is 14.5. The van der Waals surface area contributed by atoms with Crippen LogP contribution in [0.15, 0.2) is 45.6 Å². The van der Waals surface area contributed by atoms with Gasteiger partial charge in [-0.05, 0) is 30.3 Å². The molecule has 0 radical (unpaired) electrons. The molecule has 7 nitrogen and oxygen atoms in total. The third-order valence-electron chi connectivity index (χ3n) is 5.57. The van der Waals surface area contributed by atoms with Crippen molar-refractivity contribution in [2.45, 2.75) is 25.6 Å². The highest BCUT2D eigenvalue weighted by Gasteiger charge is 2.41. The summed E-state index contributed by atoms with van der Waals surface area (Å²) in [6.07, 6.45) is -3.14. The second kappa shape index (κ2) is 8.78. The van der Waals surface area contributed by atoms with E-state index in [9.17, 15) is 27.9 Å².